The second-order valence-electron chi connectivity index (χ2n) is 1.72. The van der Waals surface area contributed by atoms with Crippen LogP contribution in [0.2, 0.25) is 0 Å². The zero-order chi connectivity index (χ0) is 7.56. The van der Waals surface area contributed by atoms with Crippen molar-refractivity contribution >= 4 is 22.6 Å². The van der Waals surface area contributed by atoms with Crippen LogP contribution in [0.25, 0.3) is 0 Å². The number of rotatable bonds is 1. The fourth-order valence-corrected chi connectivity index (χ4v) is 1.17. The van der Waals surface area contributed by atoms with Gasteiger partial charge < -0.3 is 5.11 Å². The summed E-state index contributed by atoms with van der Waals surface area (Å²) in [4.78, 5) is 3.80. The van der Waals surface area contributed by atoms with Gasteiger partial charge in [-0.2, -0.15) is 0 Å². The van der Waals surface area contributed by atoms with Crippen molar-refractivity contribution in [2.24, 2.45) is 0 Å². The van der Waals surface area contributed by atoms with Gasteiger partial charge in [-0.25, -0.2) is 9.37 Å². The molecule has 0 atom stereocenters. The largest absolute Gasteiger partial charge is 0.391 e. The Bertz CT molecular complexity index is 221. The number of hydrogen-bond donors (Lipinski definition) is 1. The zero-order valence-electron chi connectivity index (χ0n) is 5.01. The first-order valence-corrected chi connectivity index (χ1v) is 3.73. The Morgan fingerprint density at radius 3 is 2.80 bits per heavy atom. The minimum absolute atomic E-state index is 0.267. The van der Waals surface area contributed by atoms with Crippen molar-refractivity contribution in [1.82, 2.24) is 4.98 Å². The fraction of sp³-hybridized carbons (Fsp3) is 0.167. The van der Waals surface area contributed by atoms with Crippen molar-refractivity contribution in [2.75, 3.05) is 0 Å². The van der Waals surface area contributed by atoms with Crippen LogP contribution in [-0.2, 0) is 6.61 Å². The fourth-order valence-electron chi connectivity index (χ4n) is 0.586. The summed E-state index contributed by atoms with van der Waals surface area (Å²) in [6.45, 7) is -0.294. The van der Waals surface area contributed by atoms with Crippen molar-refractivity contribution < 1.29 is 9.50 Å². The van der Waals surface area contributed by atoms with Crippen LogP contribution in [0.4, 0.5) is 4.39 Å². The lowest BCUT2D eigenvalue weighted by atomic mass is 10.3. The first kappa shape index (κ1) is 7.87. The summed E-state index contributed by atoms with van der Waals surface area (Å²) in [6.07, 6.45) is 1.37. The summed E-state index contributed by atoms with van der Waals surface area (Å²) in [5.41, 5.74) is 0.267. The number of aliphatic hydroxyl groups excluding tert-OH is 1. The van der Waals surface area contributed by atoms with Gasteiger partial charge in [0.1, 0.15) is 9.52 Å². The van der Waals surface area contributed by atoms with E-state index in [1.165, 1.54) is 12.3 Å². The van der Waals surface area contributed by atoms with Crippen molar-refractivity contribution in [1.29, 1.82) is 0 Å². The second kappa shape index (κ2) is 3.25. The highest BCUT2D eigenvalue weighted by atomic mass is 127. The molecule has 1 heterocycles. The van der Waals surface area contributed by atoms with Gasteiger partial charge >= 0.3 is 0 Å². The van der Waals surface area contributed by atoms with Gasteiger partial charge in [-0.3, -0.25) is 0 Å². The smallest absolute Gasteiger partial charge is 0.132 e. The summed E-state index contributed by atoms with van der Waals surface area (Å²) >= 11 is 1.87. The molecule has 2 nitrogen and oxygen atoms in total. The van der Waals surface area contributed by atoms with E-state index in [9.17, 15) is 4.39 Å². The average molecular weight is 253 g/mol. The average Bonchev–Trinajstić information content (AvgIpc) is 1.88. The minimum Gasteiger partial charge on any atom is -0.391 e. The van der Waals surface area contributed by atoms with Crippen LogP contribution in [0.1, 0.15) is 5.56 Å². The molecule has 10 heavy (non-hydrogen) atoms. The van der Waals surface area contributed by atoms with E-state index in [2.05, 4.69) is 4.98 Å². The molecule has 1 rings (SSSR count). The van der Waals surface area contributed by atoms with Crippen LogP contribution >= 0.6 is 22.6 Å². The molecular weight excluding hydrogens is 248 g/mol. The molecule has 0 spiro atoms. The molecule has 0 radical (unpaired) electrons. The van der Waals surface area contributed by atoms with Crippen molar-refractivity contribution in [3.63, 3.8) is 0 Å². The van der Waals surface area contributed by atoms with Gasteiger partial charge in [-0.15, -0.1) is 0 Å². The number of halogens is 2. The molecular formula is C6H5FINO. The topological polar surface area (TPSA) is 33.1 Å². The van der Waals surface area contributed by atoms with Gasteiger partial charge in [0.25, 0.3) is 0 Å². The quantitative estimate of drug-likeness (QED) is 0.604. The number of aliphatic hydroxyl groups is 1. The molecule has 0 saturated carbocycles. The number of aromatic nitrogens is 1. The van der Waals surface area contributed by atoms with E-state index in [1.54, 1.807) is 0 Å². The minimum atomic E-state index is -0.401. The van der Waals surface area contributed by atoms with E-state index in [-0.39, 0.29) is 12.2 Å². The summed E-state index contributed by atoms with van der Waals surface area (Å²) in [6, 6.07) is 1.23. The summed E-state index contributed by atoms with van der Waals surface area (Å²) in [5, 5.41) is 8.61. The van der Waals surface area contributed by atoms with Gasteiger partial charge in [0, 0.05) is 11.8 Å². The third-order valence-corrected chi connectivity index (χ3v) is 2.03. The van der Waals surface area contributed by atoms with Gasteiger partial charge in [0.05, 0.1) is 6.61 Å². The van der Waals surface area contributed by atoms with Crippen LogP contribution in [0.3, 0.4) is 0 Å². The van der Waals surface area contributed by atoms with E-state index < -0.39 is 5.82 Å². The lowest BCUT2D eigenvalue weighted by molar-refractivity contribution is 0.274. The number of hydrogen-bond acceptors (Lipinski definition) is 2. The maximum atomic E-state index is 12.6. The molecule has 0 unspecified atom stereocenters. The Balaban J connectivity index is 3.17. The van der Waals surface area contributed by atoms with Gasteiger partial charge in [0.15, 0.2) is 0 Å². The molecule has 0 bridgehead atoms. The normalized spacial score (nSPS) is 9.90. The van der Waals surface area contributed by atoms with E-state index in [4.69, 9.17) is 5.11 Å². The lowest BCUT2D eigenvalue weighted by Crippen LogP contribution is -1.95. The van der Waals surface area contributed by atoms with Gasteiger partial charge in [-0.1, -0.05) is 0 Å². The molecule has 1 N–H and O–H groups in total. The molecule has 4 heteroatoms. The zero-order valence-corrected chi connectivity index (χ0v) is 7.17. The Hall–Kier alpha value is -0.230. The predicted octanol–water partition coefficient (Wildman–Crippen LogP) is 1.32. The van der Waals surface area contributed by atoms with E-state index in [1.807, 2.05) is 22.6 Å². The van der Waals surface area contributed by atoms with Gasteiger partial charge in [0.2, 0.25) is 0 Å². The number of pyridine rings is 1. The molecule has 0 amide bonds. The van der Waals surface area contributed by atoms with Crippen molar-refractivity contribution in [3.8, 4) is 0 Å². The molecule has 0 aliphatic rings. The summed E-state index contributed by atoms with van der Waals surface area (Å²) in [5.74, 6) is -0.401. The van der Waals surface area contributed by atoms with Crippen LogP contribution in [-0.4, -0.2) is 10.1 Å². The van der Waals surface area contributed by atoms with Crippen molar-refractivity contribution in [3.05, 3.63) is 27.3 Å². The highest BCUT2D eigenvalue weighted by Crippen LogP contribution is 2.12. The molecule has 0 aromatic carbocycles. The highest BCUT2D eigenvalue weighted by Gasteiger charge is 2.04. The SMILES string of the molecule is OCc1c(F)ccnc1I. The summed E-state index contributed by atoms with van der Waals surface area (Å²) in [7, 11) is 0. The Kier molecular flexibility index (Phi) is 2.56. The third kappa shape index (κ3) is 1.43. The monoisotopic (exact) mass is 253 g/mol. The molecule has 0 aliphatic heterocycles. The van der Waals surface area contributed by atoms with E-state index in [0.29, 0.717) is 3.70 Å². The van der Waals surface area contributed by atoms with Crippen LogP contribution in [0.5, 0.6) is 0 Å². The lowest BCUT2D eigenvalue weighted by Gasteiger charge is -1.98. The standard InChI is InChI=1S/C6H5FINO/c7-5-1-2-9-6(8)4(5)3-10/h1-2,10H,3H2. The first-order valence-electron chi connectivity index (χ1n) is 2.65. The highest BCUT2D eigenvalue weighted by molar-refractivity contribution is 14.1. The Labute approximate surface area is 71.2 Å². The van der Waals surface area contributed by atoms with Crippen LogP contribution in [0, 0.1) is 9.52 Å². The van der Waals surface area contributed by atoms with E-state index >= 15 is 0 Å². The first-order chi connectivity index (χ1) is 4.75. The van der Waals surface area contributed by atoms with Crippen molar-refractivity contribution in [2.45, 2.75) is 6.61 Å². The third-order valence-electron chi connectivity index (χ3n) is 1.10. The molecule has 0 saturated heterocycles. The Morgan fingerprint density at radius 1 is 1.70 bits per heavy atom. The summed E-state index contributed by atoms with van der Waals surface area (Å²) < 4.78 is 13.2. The van der Waals surface area contributed by atoms with E-state index in [0.717, 1.165) is 0 Å². The van der Waals surface area contributed by atoms with Gasteiger partial charge in [-0.05, 0) is 28.7 Å². The molecule has 1 aromatic rings. The number of nitrogens with zero attached hydrogens (tertiary/aromatic N) is 1. The molecule has 0 aliphatic carbocycles. The second-order valence-corrected chi connectivity index (χ2v) is 2.74. The maximum absolute atomic E-state index is 12.6. The predicted molar refractivity (Wildman–Crippen MR) is 42.8 cm³/mol. The van der Waals surface area contributed by atoms with Crippen LogP contribution < -0.4 is 0 Å². The van der Waals surface area contributed by atoms with Crippen LogP contribution in [0.15, 0.2) is 12.3 Å². The molecule has 0 fully saturated rings. The maximum Gasteiger partial charge on any atom is 0.132 e. The molecule has 54 valence electrons. The molecule has 1 aromatic heterocycles. The Morgan fingerprint density at radius 2 is 2.40 bits per heavy atom.